The minimum absolute atomic E-state index is 0.130. The number of halogens is 1. The van der Waals surface area contributed by atoms with Gasteiger partial charge in [-0.3, -0.25) is 9.59 Å². The quantitative estimate of drug-likeness (QED) is 0.539. The van der Waals surface area contributed by atoms with E-state index in [4.69, 9.17) is 9.47 Å². The van der Waals surface area contributed by atoms with Gasteiger partial charge in [-0.05, 0) is 55.0 Å². The molecule has 0 saturated carbocycles. The third-order valence-electron chi connectivity index (χ3n) is 5.14. The molecule has 4 rings (SSSR count). The summed E-state index contributed by atoms with van der Waals surface area (Å²) in [4.78, 5) is 31.7. The Morgan fingerprint density at radius 1 is 1.22 bits per heavy atom. The molecule has 0 atom stereocenters. The zero-order valence-corrected chi connectivity index (χ0v) is 19.3. The molecule has 164 valence electrons. The second kappa shape index (κ2) is 9.40. The van der Waals surface area contributed by atoms with Gasteiger partial charge in [0.05, 0.1) is 12.8 Å². The monoisotopic (exact) mass is 495 g/mol. The molecule has 2 aromatic carbocycles. The van der Waals surface area contributed by atoms with Gasteiger partial charge in [-0.15, -0.1) is 0 Å². The smallest absolute Gasteiger partial charge is 0.263 e. The third-order valence-corrected chi connectivity index (χ3v) is 5.63. The molecule has 2 heterocycles. The highest BCUT2D eigenvalue weighted by Gasteiger charge is 2.29. The van der Waals surface area contributed by atoms with Crippen molar-refractivity contribution in [3.05, 3.63) is 75.9 Å². The molecular weight excluding hydrogens is 474 g/mol. The van der Waals surface area contributed by atoms with Gasteiger partial charge in [-0.1, -0.05) is 22.0 Å². The maximum Gasteiger partial charge on any atom is 0.263 e. The van der Waals surface area contributed by atoms with Crippen molar-refractivity contribution in [2.45, 2.75) is 19.9 Å². The van der Waals surface area contributed by atoms with Crippen LogP contribution in [0.4, 0.5) is 5.69 Å². The molecule has 0 bridgehead atoms. The van der Waals surface area contributed by atoms with E-state index in [-0.39, 0.29) is 30.7 Å². The molecule has 2 amide bonds. The lowest BCUT2D eigenvalue weighted by molar-refractivity contribution is -0.121. The first-order valence-electron chi connectivity index (χ1n) is 10.1. The molecule has 1 aromatic heterocycles. The fourth-order valence-electron chi connectivity index (χ4n) is 3.52. The summed E-state index contributed by atoms with van der Waals surface area (Å²) in [6, 6.07) is 14.6. The number of methoxy groups -OCH3 is 1. The van der Waals surface area contributed by atoms with Crippen LogP contribution >= 0.6 is 15.9 Å². The summed E-state index contributed by atoms with van der Waals surface area (Å²) in [5, 5.41) is 2.90. The van der Waals surface area contributed by atoms with Gasteiger partial charge in [0, 0.05) is 35.7 Å². The van der Waals surface area contributed by atoms with Crippen molar-refractivity contribution in [1.82, 2.24) is 10.3 Å². The maximum absolute atomic E-state index is 13.3. The van der Waals surface area contributed by atoms with Crippen molar-refractivity contribution in [3.63, 3.8) is 0 Å². The minimum atomic E-state index is -0.251. The fraction of sp³-hybridized carbons (Fsp3) is 0.208. The molecule has 1 aliphatic rings. The molecule has 1 N–H and O–H groups in total. The van der Waals surface area contributed by atoms with Gasteiger partial charge in [0.15, 0.2) is 5.75 Å². The van der Waals surface area contributed by atoms with E-state index >= 15 is 0 Å². The standard InChI is InChI=1S/C24H22BrN3O4/c1-15-5-7-21-19(12-15)28(24(30)18-4-3-10-26-23(18)32-21)11-9-22(29)27-14-16-13-17(25)6-8-20(16)31-2/h3-8,10,12-13H,9,11,14H2,1-2H3,(H,27,29). The van der Waals surface area contributed by atoms with Crippen molar-refractivity contribution in [3.8, 4) is 17.4 Å². The van der Waals surface area contributed by atoms with Crippen LogP contribution in [-0.2, 0) is 11.3 Å². The van der Waals surface area contributed by atoms with E-state index in [2.05, 4.69) is 26.2 Å². The molecule has 0 saturated heterocycles. The number of nitrogens with zero attached hydrogens (tertiary/aromatic N) is 2. The molecule has 8 heteroatoms. The second-order valence-electron chi connectivity index (χ2n) is 7.37. The van der Waals surface area contributed by atoms with Crippen molar-refractivity contribution in [1.29, 1.82) is 0 Å². The first kappa shape index (κ1) is 21.8. The number of benzene rings is 2. The molecule has 0 unspecified atom stereocenters. The Kier molecular flexibility index (Phi) is 6.41. The van der Waals surface area contributed by atoms with E-state index in [1.54, 1.807) is 30.3 Å². The molecule has 0 spiro atoms. The van der Waals surface area contributed by atoms with E-state index in [1.165, 1.54) is 0 Å². The largest absolute Gasteiger partial charge is 0.496 e. The zero-order valence-electron chi connectivity index (χ0n) is 17.7. The summed E-state index contributed by atoms with van der Waals surface area (Å²) >= 11 is 3.43. The first-order chi connectivity index (χ1) is 15.5. The van der Waals surface area contributed by atoms with Crippen LogP contribution in [0, 0.1) is 6.92 Å². The molecule has 7 nitrogen and oxygen atoms in total. The van der Waals surface area contributed by atoms with Crippen LogP contribution in [0.15, 0.2) is 59.2 Å². The number of aryl methyl sites for hydroxylation is 1. The van der Waals surface area contributed by atoms with Gasteiger partial charge < -0.3 is 19.7 Å². The Labute approximate surface area is 194 Å². The average molecular weight is 496 g/mol. The normalized spacial score (nSPS) is 12.3. The highest BCUT2D eigenvalue weighted by molar-refractivity contribution is 9.10. The molecule has 0 aliphatic carbocycles. The zero-order chi connectivity index (χ0) is 22.7. The van der Waals surface area contributed by atoms with Gasteiger partial charge in [-0.25, -0.2) is 4.98 Å². The van der Waals surface area contributed by atoms with Crippen molar-refractivity contribution < 1.29 is 19.1 Å². The van der Waals surface area contributed by atoms with Gasteiger partial charge in [-0.2, -0.15) is 0 Å². The number of nitrogens with one attached hydrogen (secondary N) is 1. The highest BCUT2D eigenvalue weighted by Crippen LogP contribution is 2.38. The number of amides is 2. The number of hydrogen-bond acceptors (Lipinski definition) is 5. The second-order valence-corrected chi connectivity index (χ2v) is 8.28. The summed E-state index contributed by atoms with van der Waals surface area (Å²) in [6.45, 7) is 2.46. The van der Waals surface area contributed by atoms with Crippen LogP contribution < -0.4 is 19.7 Å². The van der Waals surface area contributed by atoms with E-state index in [9.17, 15) is 9.59 Å². The Hall–Kier alpha value is -3.39. The number of hydrogen-bond donors (Lipinski definition) is 1. The summed E-state index contributed by atoms with van der Waals surface area (Å²) in [6.07, 6.45) is 1.71. The van der Waals surface area contributed by atoms with E-state index in [0.717, 1.165) is 15.6 Å². The topological polar surface area (TPSA) is 80.8 Å². The van der Waals surface area contributed by atoms with Crippen LogP contribution in [-0.4, -0.2) is 30.5 Å². The number of anilines is 1. The molecule has 0 radical (unpaired) electrons. The van der Waals surface area contributed by atoms with Crippen molar-refractivity contribution in [2.75, 3.05) is 18.6 Å². The van der Waals surface area contributed by atoms with Gasteiger partial charge in [0.2, 0.25) is 11.8 Å². The summed E-state index contributed by atoms with van der Waals surface area (Å²) in [5.41, 5.74) is 2.82. The number of pyridine rings is 1. The van der Waals surface area contributed by atoms with E-state index in [0.29, 0.717) is 29.3 Å². The van der Waals surface area contributed by atoms with Gasteiger partial charge in [0.25, 0.3) is 5.91 Å². The molecule has 0 fully saturated rings. The summed E-state index contributed by atoms with van der Waals surface area (Å²) < 4.78 is 12.2. The van der Waals surface area contributed by atoms with Crippen LogP contribution in [0.1, 0.15) is 27.9 Å². The molecular formula is C24H22BrN3O4. The van der Waals surface area contributed by atoms with Crippen LogP contribution in [0.2, 0.25) is 0 Å². The predicted molar refractivity (Wildman–Crippen MR) is 124 cm³/mol. The lowest BCUT2D eigenvalue weighted by Crippen LogP contribution is -2.35. The van der Waals surface area contributed by atoms with Crippen LogP contribution in [0.3, 0.4) is 0 Å². The highest BCUT2D eigenvalue weighted by atomic mass is 79.9. The molecule has 32 heavy (non-hydrogen) atoms. The average Bonchev–Trinajstić information content (AvgIpc) is 2.90. The van der Waals surface area contributed by atoms with Crippen molar-refractivity contribution in [2.24, 2.45) is 0 Å². The minimum Gasteiger partial charge on any atom is -0.496 e. The van der Waals surface area contributed by atoms with E-state index < -0.39 is 0 Å². The Morgan fingerprint density at radius 3 is 2.88 bits per heavy atom. The number of carbonyl (C=O) groups is 2. The summed E-state index contributed by atoms with van der Waals surface area (Å²) in [7, 11) is 1.59. The number of ether oxygens (including phenoxy) is 2. The SMILES string of the molecule is COc1ccc(Br)cc1CNC(=O)CCN1C(=O)c2cccnc2Oc2ccc(C)cc21. The summed E-state index contributed by atoms with van der Waals surface area (Å²) in [5.74, 6) is 1.06. The van der Waals surface area contributed by atoms with Gasteiger partial charge in [0.1, 0.15) is 11.3 Å². The predicted octanol–water partition coefficient (Wildman–Crippen LogP) is 4.62. The first-order valence-corrected chi connectivity index (χ1v) is 10.9. The fourth-order valence-corrected chi connectivity index (χ4v) is 3.93. The Morgan fingerprint density at radius 2 is 2.06 bits per heavy atom. The molecule has 3 aromatic rings. The number of carbonyl (C=O) groups excluding carboxylic acids is 2. The Balaban J connectivity index is 1.51. The number of rotatable bonds is 6. The maximum atomic E-state index is 13.3. The van der Waals surface area contributed by atoms with Crippen LogP contribution in [0.5, 0.6) is 17.4 Å². The molecule has 1 aliphatic heterocycles. The van der Waals surface area contributed by atoms with Gasteiger partial charge >= 0.3 is 0 Å². The lowest BCUT2D eigenvalue weighted by Gasteiger charge is -2.22. The third kappa shape index (κ3) is 4.60. The number of fused-ring (bicyclic) bond motifs is 2. The van der Waals surface area contributed by atoms with Crippen LogP contribution in [0.25, 0.3) is 0 Å². The number of aromatic nitrogens is 1. The van der Waals surface area contributed by atoms with Crippen molar-refractivity contribution >= 4 is 33.4 Å². The van der Waals surface area contributed by atoms with E-state index in [1.807, 2.05) is 43.3 Å². The Bertz CT molecular complexity index is 1180. The lowest BCUT2D eigenvalue weighted by atomic mass is 10.1.